The first-order valence-corrected chi connectivity index (χ1v) is 7.28. The highest BCUT2D eigenvalue weighted by atomic mass is 32.2. The number of hydrogen-bond donors (Lipinski definition) is 3. The average Bonchev–Trinajstić information content (AvgIpc) is 2.77. The summed E-state index contributed by atoms with van der Waals surface area (Å²) in [6.07, 6.45) is 1.58. The molecule has 0 aliphatic rings. The summed E-state index contributed by atoms with van der Waals surface area (Å²) in [7, 11) is -3.46. The maximum atomic E-state index is 10.8. The molecule has 0 saturated heterocycles. The third-order valence-electron chi connectivity index (χ3n) is 2.00. The summed E-state index contributed by atoms with van der Waals surface area (Å²) >= 11 is 0. The Bertz CT molecular complexity index is 467. The minimum atomic E-state index is -3.46. The predicted molar refractivity (Wildman–Crippen MR) is 69.5 cm³/mol. The van der Waals surface area contributed by atoms with E-state index >= 15 is 0 Å². The van der Waals surface area contributed by atoms with Crippen molar-refractivity contribution in [2.45, 2.75) is 13.5 Å². The number of furan rings is 1. The highest BCUT2D eigenvalue weighted by Gasteiger charge is 2.03. The molecule has 0 saturated carbocycles. The molecule has 0 spiro atoms. The summed E-state index contributed by atoms with van der Waals surface area (Å²) in [6, 6.07) is 3.60. The Labute approximate surface area is 107 Å². The van der Waals surface area contributed by atoms with Gasteiger partial charge in [-0.1, -0.05) is 0 Å². The van der Waals surface area contributed by atoms with Crippen LogP contribution in [0.1, 0.15) is 12.7 Å². The van der Waals surface area contributed by atoms with Gasteiger partial charge < -0.3 is 15.1 Å². The number of guanidine groups is 1. The van der Waals surface area contributed by atoms with Crippen molar-refractivity contribution in [3.8, 4) is 0 Å². The van der Waals surface area contributed by atoms with E-state index in [4.69, 9.17) is 9.56 Å². The summed E-state index contributed by atoms with van der Waals surface area (Å²) in [5.41, 5.74) is 0. The number of nitrogens with one attached hydrogen (secondary N) is 2. The SMILES string of the molecule is CCNC(=NCc1ccco1)NCCS(N)(=O)=O. The lowest BCUT2D eigenvalue weighted by molar-refractivity contribution is 0.512. The number of rotatable bonds is 6. The van der Waals surface area contributed by atoms with Gasteiger partial charge in [0.15, 0.2) is 5.96 Å². The Kier molecular flexibility index (Phi) is 5.66. The minimum Gasteiger partial charge on any atom is -0.467 e. The van der Waals surface area contributed by atoms with Crippen molar-refractivity contribution in [2.75, 3.05) is 18.8 Å². The zero-order chi connectivity index (χ0) is 13.4. The van der Waals surface area contributed by atoms with Crippen LogP contribution in [-0.4, -0.2) is 33.2 Å². The normalized spacial score (nSPS) is 12.4. The van der Waals surface area contributed by atoms with Gasteiger partial charge in [-0.2, -0.15) is 0 Å². The quantitative estimate of drug-likeness (QED) is 0.484. The molecule has 0 aliphatic carbocycles. The highest BCUT2D eigenvalue weighted by Crippen LogP contribution is 2.00. The molecule has 1 aromatic rings. The van der Waals surface area contributed by atoms with Crippen molar-refractivity contribution in [1.29, 1.82) is 0 Å². The van der Waals surface area contributed by atoms with E-state index < -0.39 is 10.0 Å². The van der Waals surface area contributed by atoms with Gasteiger partial charge in [-0.25, -0.2) is 18.5 Å². The monoisotopic (exact) mass is 274 g/mol. The van der Waals surface area contributed by atoms with Crippen LogP contribution in [0.4, 0.5) is 0 Å². The van der Waals surface area contributed by atoms with E-state index in [0.29, 0.717) is 19.0 Å². The summed E-state index contributed by atoms with van der Waals surface area (Å²) in [6.45, 7) is 3.20. The van der Waals surface area contributed by atoms with Crippen LogP contribution in [0.5, 0.6) is 0 Å². The fourth-order valence-electron chi connectivity index (χ4n) is 1.21. The second kappa shape index (κ2) is 7.02. The number of primary sulfonamides is 1. The number of sulfonamides is 1. The van der Waals surface area contributed by atoms with Gasteiger partial charge in [0.05, 0.1) is 12.0 Å². The van der Waals surface area contributed by atoms with Crippen LogP contribution in [0.2, 0.25) is 0 Å². The number of aliphatic imine (C=N–C) groups is 1. The van der Waals surface area contributed by atoms with Crippen LogP contribution in [0, 0.1) is 0 Å². The van der Waals surface area contributed by atoms with Crippen LogP contribution >= 0.6 is 0 Å². The van der Waals surface area contributed by atoms with Gasteiger partial charge in [0.25, 0.3) is 0 Å². The Balaban J connectivity index is 2.46. The maximum Gasteiger partial charge on any atom is 0.210 e. The molecule has 0 bridgehead atoms. The topological polar surface area (TPSA) is 110 Å². The zero-order valence-corrected chi connectivity index (χ0v) is 11.0. The van der Waals surface area contributed by atoms with Crippen LogP contribution in [0.15, 0.2) is 27.8 Å². The van der Waals surface area contributed by atoms with Crippen molar-refractivity contribution in [3.63, 3.8) is 0 Å². The van der Waals surface area contributed by atoms with Gasteiger partial charge in [-0.15, -0.1) is 0 Å². The highest BCUT2D eigenvalue weighted by molar-refractivity contribution is 7.89. The fraction of sp³-hybridized carbons (Fsp3) is 0.500. The Morgan fingerprint density at radius 2 is 2.28 bits per heavy atom. The Morgan fingerprint density at radius 3 is 2.83 bits per heavy atom. The van der Waals surface area contributed by atoms with Crippen molar-refractivity contribution < 1.29 is 12.8 Å². The largest absolute Gasteiger partial charge is 0.467 e. The second-order valence-corrected chi connectivity index (χ2v) is 5.30. The van der Waals surface area contributed by atoms with E-state index in [2.05, 4.69) is 15.6 Å². The first-order chi connectivity index (χ1) is 8.51. The molecule has 0 aliphatic heterocycles. The lowest BCUT2D eigenvalue weighted by Gasteiger charge is -2.10. The predicted octanol–water partition coefficient (Wildman–Crippen LogP) is -0.377. The van der Waals surface area contributed by atoms with Crippen LogP contribution in [0.25, 0.3) is 0 Å². The van der Waals surface area contributed by atoms with E-state index in [1.165, 1.54) is 0 Å². The van der Waals surface area contributed by atoms with Crippen molar-refractivity contribution >= 4 is 16.0 Å². The molecule has 0 radical (unpaired) electrons. The van der Waals surface area contributed by atoms with E-state index in [1.807, 2.05) is 13.0 Å². The van der Waals surface area contributed by atoms with E-state index in [0.717, 1.165) is 5.76 Å². The maximum absolute atomic E-state index is 10.8. The molecule has 102 valence electrons. The molecular formula is C10H18N4O3S. The number of nitrogens with two attached hydrogens (primary N) is 1. The van der Waals surface area contributed by atoms with Gasteiger partial charge >= 0.3 is 0 Å². The minimum absolute atomic E-state index is 0.141. The standard InChI is InChI=1S/C10H18N4O3S/c1-2-12-10(13-5-7-18(11,15)16)14-8-9-4-3-6-17-9/h3-4,6H,2,5,7-8H2,1H3,(H2,11,15,16)(H2,12,13,14). The van der Waals surface area contributed by atoms with Gasteiger partial charge in [-0.05, 0) is 19.1 Å². The molecule has 1 heterocycles. The second-order valence-electron chi connectivity index (χ2n) is 3.57. The van der Waals surface area contributed by atoms with Crippen molar-refractivity contribution in [1.82, 2.24) is 10.6 Å². The lowest BCUT2D eigenvalue weighted by atomic mass is 10.4. The first-order valence-electron chi connectivity index (χ1n) is 5.56. The molecule has 1 aromatic heterocycles. The summed E-state index contributed by atoms with van der Waals surface area (Å²) in [4.78, 5) is 4.24. The molecule has 1 rings (SSSR count). The summed E-state index contributed by atoms with van der Waals surface area (Å²) < 4.78 is 26.7. The fourth-order valence-corrected chi connectivity index (χ4v) is 1.60. The van der Waals surface area contributed by atoms with Crippen LogP contribution in [-0.2, 0) is 16.6 Å². The molecular weight excluding hydrogens is 256 g/mol. The molecule has 7 nitrogen and oxygen atoms in total. The van der Waals surface area contributed by atoms with E-state index in [9.17, 15) is 8.42 Å². The zero-order valence-electron chi connectivity index (χ0n) is 10.2. The molecule has 0 aromatic carbocycles. The molecule has 4 N–H and O–H groups in total. The number of hydrogen-bond acceptors (Lipinski definition) is 4. The molecule has 18 heavy (non-hydrogen) atoms. The van der Waals surface area contributed by atoms with E-state index in [1.54, 1.807) is 12.3 Å². The van der Waals surface area contributed by atoms with Crippen LogP contribution in [0.3, 0.4) is 0 Å². The smallest absolute Gasteiger partial charge is 0.210 e. The lowest BCUT2D eigenvalue weighted by Crippen LogP contribution is -2.40. The molecule has 0 atom stereocenters. The van der Waals surface area contributed by atoms with Gasteiger partial charge in [0.1, 0.15) is 12.3 Å². The average molecular weight is 274 g/mol. The van der Waals surface area contributed by atoms with E-state index in [-0.39, 0.29) is 12.3 Å². The summed E-state index contributed by atoms with van der Waals surface area (Å²) in [5.74, 6) is 1.12. The van der Waals surface area contributed by atoms with Crippen molar-refractivity contribution in [3.05, 3.63) is 24.2 Å². The van der Waals surface area contributed by atoms with Gasteiger partial charge in [-0.3, -0.25) is 0 Å². The molecule has 0 fully saturated rings. The van der Waals surface area contributed by atoms with Gasteiger partial charge in [0, 0.05) is 13.1 Å². The third kappa shape index (κ3) is 6.26. The molecule has 0 unspecified atom stereocenters. The van der Waals surface area contributed by atoms with Gasteiger partial charge in [0.2, 0.25) is 10.0 Å². The molecule has 8 heteroatoms. The molecule has 0 amide bonds. The number of nitrogens with zero attached hydrogens (tertiary/aromatic N) is 1. The third-order valence-corrected chi connectivity index (χ3v) is 2.77. The first kappa shape index (κ1) is 14.5. The van der Waals surface area contributed by atoms with Crippen molar-refractivity contribution in [2.24, 2.45) is 10.1 Å². The Morgan fingerprint density at radius 1 is 1.50 bits per heavy atom. The Hall–Kier alpha value is -1.54. The summed E-state index contributed by atoms with van der Waals surface area (Å²) in [5, 5.41) is 10.8. The van der Waals surface area contributed by atoms with Crippen LogP contribution < -0.4 is 15.8 Å².